The fourth-order valence-corrected chi connectivity index (χ4v) is 0.123. The molecule has 0 aliphatic heterocycles. The van der Waals surface area contributed by atoms with Gasteiger partial charge in [0.1, 0.15) is 0 Å². The van der Waals surface area contributed by atoms with Crippen molar-refractivity contribution in [2.45, 2.75) is 6.92 Å². The van der Waals surface area contributed by atoms with Crippen molar-refractivity contribution in [2.75, 3.05) is 0 Å². The number of Topliss-reactive ketones (excluding diaryl/α,β-unsaturated/α-hetero) is 1. The molecule has 0 aromatic heterocycles. The van der Waals surface area contributed by atoms with Crippen LogP contribution >= 0.6 is 0 Å². The monoisotopic (exact) mass is 80.0 g/mol. The molecular formula is C5H4O. The van der Waals surface area contributed by atoms with Crippen LogP contribution in [-0.4, -0.2) is 5.78 Å². The minimum absolute atomic E-state index is 0.572. The molecular weight excluding hydrogens is 76.1 g/mol. The molecule has 30 valence electrons. The van der Waals surface area contributed by atoms with E-state index in [0.29, 0.717) is 0 Å². The zero-order valence-corrected chi connectivity index (χ0v) is 3.49. The van der Waals surface area contributed by atoms with E-state index in [1.165, 1.54) is 0 Å². The van der Waals surface area contributed by atoms with E-state index in [9.17, 15) is 4.79 Å². The smallest absolute Gasteiger partial charge is 0.210 e. The van der Waals surface area contributed by atoms with Gasteiger partial charge < -0.3 is 0 Å². The molecule has 0 aromatic rings. The predicted molar refractivity (Wildman–Crippen MR) is 22.8 cm³/mol. The Morgan fingerprint density at radius 2 is 2.33 bits per heavy atom. The quantitative estimate of drug-likeness (QED) is 0.302. The average Bonchev–Trinajstić information content (AvgIpc) is 1.35. The number of carbonyl (C=O) groups is 1. The summed E-state index contributed by atoms with van der Waals surface area (Å²) in [5.41, 5.74) is 0. The zero-order valence-electron chi connectivity index (χ0n) is 3.49. The number of carbonyl (C=O) groups excluding carboxylic acids is 1. The molecule has 0 fully saturated rings. The van der Waals surface area contributed by atoms with Crippen LogP contribution in [0.5, 0.6) is 0 Å². The Labute approximate surface area is 37.4 Å². The van der Waals surface area contributed by atoms with Gasteiger partial charge in [-0.15, -0.1) is 0 Å². The normalized spacial score (nSPS) is 5.67. The van der Waals surface area contributed by atoms with Crippen molar-refractivity contribution in [1.82, 2.24) is 0 Å². The fraction of sp³-hybridized carbons (Fsp3) is 0.200. The summed E-state index contributed by atoms with van der Waals surface area (Å²) < 4.78 is 0. The Bertz CT molecular complexity index is 103. The van der Waals surface area contributed by atoms with Gasteiger partial charge in [0.15, 0.2) is 0 Å². The van der Waals surface area contributed by atoms with Crippen molar-refractivity contribution < 1.29 is 4.79 Å². The van der Waals surface area contributed by atoms with Crippen LogP contribution in [0.1, 0.15) is 6.92 Å². The Morgan fingerprint density at radius 1 is 1.83 bits per heavy atom. The molecule has 0 bridgehead atoms. The van der Waals surface area contributed by atoms with E-state index in [2.05, 4.69) is 18.8 Å². The second-order valence-electron chi connectivity index (χ2n) is 0.739. The van der Waals surface area contributed by atoms with Gasteiger partial charge in [-0.05, 0) is 12.8 Å². The number of hydrogen-bond donors (Lipinski definition) is 0. The minimum atomic E-state index is -0.572. The van der Waals surface area contributed by atoms with E-state index in [0.717, 1.165) is 0 Å². The third-order valence-corrected chi connectivity index (χ3v) is 0.248. The van der Waals surface area contributed by atoms with Crippen LogP contribution in [0.3, 0.4) is 0 Å². The molecule has 0 heterocycles. The first-order valence-corrected chi connectivity index (χ1v) is 1.49. The van der Waals surface area contributed by atoms with Crippen LogP contribution in [-0.2, 0) is 4.79 Å². The van der Waals surface area contributed by atoms with E-state index >= 15 is 0 Å². The van der Waals surface area contributed by atoms with E-state index in [4.69, 9.17) is 0 Å². The first-order chi connectivity index (χ1) is 2.77. The Kier molecular flexibility index (Phi) is 2.15. The van der Waals surface area contributed by atoms with E-state index < -0.39 is 5.78 Å². The van der Waals surface area contributed by atoms with Crippen LogP contribution in [0.2, 0.25) is 0 Å². The number of ketones is 1. The molecule has 0 aromatic carbocycles. The molecule has 1 heteroatoms. The van der Waals surface area contributed by atoms with Crippen molar-refractivity contribution >= 4 is 5.78 Å². The van der Waals surface area contributed by atoms with E-state index in [-0.39, 0.29) is 0 Å². The SMILES string of the molecule is [CH]C(=O)C#CC. The highest BCUT2D eigenvalue weighted by Gasteiger charge is 1.73. The highest BCUT2D eigenvalue weighted by atomic mass is 16.1. The van der Waals surface area contributed by atoms with Gasteiger partial charge in [-0.2, -0.15) is 0 Å². The second kappa shape index (κ2) is 2.47. The summed E-state index contributed by atoms with van der Waals surface area (Å²) >= 11 is 0. The van der Waals surface area contributed by atoms with Crippen molar-refractivity contribution in [3.05, 3.63) is 6.92 Å². The second-order valence-corrected chi connectivity index (χ2v) is 0.739. The Balaban J connectivity index is 3.50. The lowest BCUT2D eigenvalue weighted by molar-refractivity contribution is -0.109. The summed E-state index contributed by atoms with van der Waals surface area (Å²) in [5, 5.41) is 0. The van der Waals surface area contributed by atoms with Crippen LogP contribution in [0.25, 0.3) is 0 Å². The highest BCUT2D eigenvalue weighted by Crippen LogP contribution is 1.56. The molecule has 0 saturated heterocycles. The zero-order chi connectivity index (χ0) is 4.99. The molecule has 1 nitrogen and oxygen atoms in total. The molecule has 0 aliphatic rings. The van der Waals surface area contributed by atoms with Gasteiger partial charge in [0.2, 0.25) is 5.78 Å². The summed E-state index contributed by atoms with van der Waals surface area (Å²) in [7, 11) is 0. The third-order valence-electron chi connectivity index (χ3n) is 0.248. The average molecular weight is 80.1 g/mol. The lowest BCUT2D eigenvalue weighted by Gasteiger charge is -1.60. The summed E-state index contributed by atoms with van der Waals surface area (Å²) in [6.45, 7) is 6.15. The van der Waals surface area contributed by atoms with Gasteiger partial charge in [0, 0.05) is 0 Å². The maximum Gasteiger partial charge on any atom is 0.210 e. The van der Waals surface area contributed by atoms with Gasteiger partial charge >= 0.3 is 0 Å². The maximum atomic E-state index is 9.65. The highest BCUT2D eigenvalue weighted by molar-refractivity contribution is 5.98. The summed E-state index contributed by atoms with van der Waals surface area (Å²) in [5.74, 6) is 3.87. The maximum absolute atomic E-state index is 9.65. The molecule has 2 radical (unpaired) electrons. The summed E-state index contributed by atoms with van der Waals surface area (Å²) in [6, 6.07) is 0. The summed E-state index contributed by atoms with van der Waals surface area (Å²) in [6.07, 6.45) is 0. The molecule has 0 aliphatic carbocycles. The van der Waals surface area contributed by atoms with Gasteiger partial charge in [-0.25, -0.2) is 0 Å². The molecule has 0 N–H and O–H groups in total. The van der Waals surface area contributed by atoms with Crippen LogP contribution in [0, 0.1) is 18.8 Å². The minimum Gasteiger partial charge on any atom is -0.285 e. The molecule has 6 heavy (non-hydrogen) atoms. The van der Waals surface area contributed by atoms with E-state index in [1.807, 2.05) is 0 Å². The fourth-order valence-electron chi connectivity index (χ4n) is 0.123. The van der Waals surface area contributed by atoms with Crippen LogP contribution in [0.15, 0.2) is 0 Å². The van der Waals surface area contributed by atoms with Crippen molar-refractivity contribution in [3.63, 3.8) is 0 Å². The molecule has 0 amide bonds. The molecule has 0 saturated carbocycles. The standard InChI is InChI=1S/C5H4O/c1-3-4-5(2)6/h2H,1H3. The molecule has 0 spiro atoms. The first kappa shape index (κ1) is 5.23. The van der Waals surface area contributed by atoms with Gasteiger partial charge in [0.05, 0.1) is 6.92 Å². The molecule has 0 rings (SSSR count). The lowest BCUT2D eigenvalue weighted by atomic mass is 10.4. The van der Waals surface area contributed by atoms with Crippen molar-refractivity contribution in [3.8, 4) is 11.8 Å². The third kappa shape index (κ3) is 3.23. The number of hydrogen-bond acceptors (Lipinski definition) is 1. The summed E-state index contributed by atoms with van der Waals surface area (Å²) in [4.78, 5) is 9.65. The van der Waals surface area contributed by atoms with Crippen LogP contribution in [0.4, 0.5) is 0 Å². The van der Waals surface area contributed by atoms with E-state index in [1.54, 1.807) is 6.92 Å². The molecule has 0 atom stereocenters. The van der Waals surface area contributed by atoms with Crippen molar-refractivity contribution in [2.24, 2.45) is 0 Å². The van der Waals surface area contributed by atoms with Gasteiger partial charge in [0.25, 0.3) is 0 Å². The van der Waals surface area contributed by atoms with Crippen LogP contribution < -0.4 is 0 Å². The van der Waals surface area contributed by atoms with Gasteiger partial charge in [-0.3, -0.25) is 4.79 Å². The Morgan fingerprint density at radius 3 is 2.33 bits per heavy atom. The topological polar surface area (TPSA) is 17.1 Å². The molecule has 0 unspecified atom stereocenters. The predicted octanol–water partition coefficient (Wildman–Crippen LogP) is 0.290. The largest absolute Gasteiger partial charge is 0.285 e. The van der Waals surface area contributed by atoms with Gasteiger partial charge in [-0.1, -0.05) is 5.92 Å². The lowest BCUT2D eigenvalue weighted by Crippen LogP contribution is -1.78. The van der Waals surface area contributed by atoms with Crippen molar-refractivity contribution in [1.29, 1.82) is 0 Å². The first-order valence-electron chi connectivity index (χ1n) is 1.49. The Hall–Kier alpha value is -0.770. The number of rotatable bonds is 0.